The number of aromatic nitrogens is 3. The summed E-state index contributed by atoms with van der Waals surface area (Å²) in [5.41, 5.74) is 0.242. The standard InChI is InChI=1S/C22H25N5O4S/c1-31-12-11-25-21-19(20(28)17-6-2-3-10-24-17)27-18(14-26-21)22(15-7-8-15)9-4-5-16(13-22)32(23,29)30/h2-6,9-10,14-15H,7-8,11-13H2,1H3,(H,25,26)(H2,23,29,30). The lowest BCUT2D eigenvalue weighted by atomic mass is 9.74. The van der Waals surface area contributed by atoms with Gasteiger partial charge in [0.05, 0.1) is 23.4 Å². The summed E-state index contributed by atoms with van der Waals surface area (Å²) in [6.07, 6.45) is 10.4. The first-order valence-corrected chi connectivity index (χ1v) is 11.9. The Kier molecular flexibility index (Phi) is 6.18. The molecular weight excluding hydrogens is 430 g/mol. The highest BCUT2D eigenvalue weighted by Gasteiger charge is 2.48. The molecule has 2 aliphatic rings. The lowest BCUT2D eigenvalue weighted by molar-refractivity contribution is 0.102. The lowest BCUT2D eigenvalue weighted by Gasteiger charge is -2.33. The van der Waals surface area contributed by atoms with Crippen molar-refractivity contribution in [3.05, 3.63) is 70.8 Å². The van der Waals surface area contributed by atoms with Crippen LogP contribution in [0.15, 0.2) is 53.7 Å². The number of methoxy groups -OCH3 is 1. The van der Waals surface area contributed by atoms with Crippen molar-refractivity contribution in [2.75, 3.05) is 25.6 Å². The van der Waals surface area contributed by atoms with Crippen molar-refractivity contribution in [2.45, 2.75) is 24.7 Å². The maximum Gasteiger partial charge on any atom is 0.234 e. The van der Waals surface area contributed by atoms with Crippen LogP contribution in [0.25, 0.3) is 0 Å². The molecule has 0 spiro atoms. The number of ether oxygens (including phenoxy) is 1. The number of allylic oxidation sites excluding steroid dienone is 4. The number of sulfonamides is 1. The normalized spacial score (nSPS) is 20.6. The average Bonchev–Trinajstić information content (AvgIpc) is 3.65. The summed E-state index contributed by atoms with van der Waals surface area (Å²) in [6.45, 7) is 0.872. The zero-order valence-corrected chi connectivity index (χ0v) is 18.5. The number of ketones is 1. The third-order valence-electron chi connectivity index (χ3n) is 5.77. The molecule has 1 fully saturated rings. The third kappa shape index (κ3) is 4.47. The molecule has 2 aromatic heterocycles. The minimum Gasteiger partial charge on any atom is -0.383 e. The van der Waals surface area contributed by atoms with E-state index < -0.39 is 15.4 Å². The van der Waals surface area contributed by atoms with Crippen LogP contribution >= 0.6 is 0 Å². The van der Waals surface area contributed by atoms with Gasteiger partial charge in [-0.25, -0.2) is 23.5 Å². The minimum atomic E-state index is -3.84. The van der Waals surface area contributed by atoms with E-state index in [1.54, 1.807) is 43.8 Å². The van der Waals surface area contributed by atoms with E-state index in [1.807, 2.05) is 6.08 Å². The Bertz CT molecular complexity index is 1180. The first-order valence-electron chi connectivity index (χ1n) is 10.3. The van der Waals surface area contributed by atoms with E-state index in [2.05, 4.69) is 15.3 Å². The van der Waals surface area contributed by atoms with E-state index in [9.17, 15) is 13.2 Å². The molecule has 168 valence electrons. The average molecular weight is 456 g/mol. The zero-order chi connectivity index (χ0) is 22.8. The Morgan fingerprint density at radius 2 is 2.12 bits per heavy atom. The quantitative estimate of drug-likeness (QED) is 0.432. The molecule has 32 heavy (non-hydrogen) atoms. The van der Waals surface area contributed by atoms with Gasteiger partial charge >= 0.3 is 0 Å². The van der Waals surface area contributed by atoms with E-state index in [0.717, 1.165) is 12.8 Å². The second kappa shape index (κ2) is 8.89. The number of rotatable bonds is 9. The van der Waals surface area contributed by atoms with Crippen molar-refractivity contribution in [3.63, 3.8) is 0 Å². The molecule has 1 unspecified atom stereocenters. The molecule has 2 aromatic rings. The highest BCUT2D eigenvalue weighted by Crippen LogP contribution is 2.52. The number of carbonyl (C=O) groups is 1. The van der Waals surface area contributed by atoms with Gasteiger partial charge in [-0.15, -0.1) is 0 Å². The van der Waals surface area contributed by atoms with E-state index >= 15 is 0 Å². The third-order valence-corrected chi connectivity index (χ3v) is 6.79. The molecular formula is C22H25N5O4S. The van der Waals surface area contributed by atoms with Crippen molar-refractivity contribution in [1.29, 1.82) is 0 Å². The SMILES string of the molecule is COCCNc1ncc(C2(C3CC3)C=CC=C(S(N)(=O)=O)C2)nc1C(=O)c1ccccn1. The largest absolute Gasteiger partial charge is 0.383 e. The molecule has 0 saturated heterocycles. The van der Waals surface area contributed by atoms with Gasteiger partial charge in [-0.05, 0) is 43.4 Å². The first kappa shape index (κ1) is 22.3. The van der Waals surface area contributed by atoms with Crippen molar-refractivity contribution in [2.24, 2.45) is 11.1 Å². The van der Waals surface area contributed by atoms with Crippen molar-refractivity contribution >= 4 is 21.6 Å². The van der Waals surface area contributed by atoms with Crippen LogP contribution in [0.1, 0.15) is 41.1 Å². The van der Waals surface area contributed by atoms with E-state index in [0.29, 0.717) is 24.7 Å². The number of nitrogens with zero attached hydrogens (tertiary/aromatic N) is 3. The summed E-state index contributed by atoms with van der Waals surface area (Å²) in [4.78, 5) is 26.8. The summed E-state index contributed by atoms with van der Waals surface area (Å²) in [5, 5.41) is 8.52. The number of carbonyl (C=O) groups excluding carboxylic acids is 1. The summed E-state index contributed by atoms with van der Waals surface area (Å²) in [5.74, 6) is 0.158. The molecule has 0 aromatic carbocycles. The Hall–Kier alpha value is -2.95. The van der Waals surface area contributed by atoms with Gasteiger partial charge in [0.2, 0.25) is 15.8 Å². The Morgan fingerprint density at radius 3 is 2.78 bits per heavy atom. The van der Waals surface area contributed by atoms with Crippen LogP contribution in [0, 0.1) is 5.92 Å². The molecule has 0 aliphatic heterocycles. The van der Waals surface area contributed by atoms with Crippen LogP contribution in [-0.2, 0) is 20.2 Å². The molecule has 3 N–H and O–H groups in total. The van der Waals surface area contributed by atoms with Crippen LogP contribution in [0.2, 0.25) is 0 Å². The topological polar surface area (TPSA) is 137 Å². The van der Waals surface area contributed by atoms with Gasteiger partial charge < -0.3 is 10.1 Å². The van der Waals surface area contributed by atoms with E-state index in [-0.39, 0.29) is 34.4 Å². The fraction of sp³-hybridized carbons (Fsp3) is 0.364. The number of nitrogens with one attached hydrogen (secondary N) is 1. The smallest absolute Gasteiger partial charge is 0.234 e. The van der Waals surface area contributed by atoms with Crippen LogP contribution in [-0.4, -0.2) is 49.4 Å². The number of hydrogen-bond acceptors (Lipinski definition) is 8. The monoisotopic (exact) mass is 455 g/mol. The second-order valence-corrected chi connectivity index (χ2v) is 9.56. The van der Waals surface area contributed by atoms with Crippen LogP contribution in [0.5, 0.6) is 0 Å². The van der Waals surface area contributed by atoms with Gasteiger partial charge in [0, 0.05) is 25.3 Å². The number of anilines is 1. The Labute approximate surface area is 186 Å². The Morgan fingerprint density at radius 1 is 1.31 bits per heavy atom. The zero-order valence-electron chi connectivity index (χ0n) is 17.7. The fourth-order valence-corrected chi connectivity index (χ4v) is 4.69. The molecule has 2 aliphatic carbocycles. The molecule has 4 rings (SSSR count). The highest BCUT2D eigenvalue weighted by molar-refractivity contribution is 7.93. The second-order valence-electron chi connectivity index (χ2n) is 7.94. The summed E-state index contributed by atoms with van der Waals surface area (Å²) in [6, 6.07) is 5.08. The van der Waals surface area contributed by atoms with Gasteiger partial charge in [0.25, 0.3) is 0 Å². The molecule has 10 heteroatoms. The molecule has 1 atom stereocenters. The summed E-state index contributed by atoms with van der Waals surface area (Å²) < 4.78 is 29.2. The number of pyridine rings is 1. The number of primary sulfonamides is 1. The highest BCUT2D eigenvalue weighted by atomic mass is 32.2. The molecule has 0 amide bonds. The molecule has 0 radical (unpaired) electrons. The molecule has 0 bridgehead atoms. The molecule has 1 saturated carbocycles. The summed E-state index contributed by atoms with van der Waals surface area (Å²) >= 11 is 0. The van der Waals surface area contributed by atoms with Gasteiger partial charge in [0.15, 0.2) is 11.5 Å². The maximum atomic E-state index is 13.3. The van der Waals surface area contributed by atoms with Crippen molar-refractivity contribution in [3.8, 4) is 0 Å². The fourth-order valence-electron chi connectivity index (χ4n) is 3.98. The number of nitrogens with two attached hydrogens (primary N) is 1. The first-order chi connectivity index (χ1) is 15.3. The predicted molar refractivity (Wildman–Crippen MR) is 119 cm³/mol. The number of hydrogen-bond donors (Lipinski definition) is 2. The van der Waals surface area contributed by atoms with Crippen LogP contribution < -0.4 is 10.5 Å². The minimum absolute atomic E-state index is 0.137. The van der Waals surface area contributed by atoms with Gasteiger partial charge in [0.1, 0.15) is 5.69 Å². The molecule has 9 nitrogen and oxygen atoms in total. The lowest BCUT2D eigenvalue weighted by Crippen LogP contribution is -2.33. The maximum absolute atomic E-state index is 13.3. The van der Waals surface area contributed by atoms with Crippen molar-refractivity contribution in [1.82, 2.24) is 15.0 Å². The van der Waals surface area contributed by atoms with Gasteiger partial charge in [-0.3, -0.25) is 9.78 Å². The van der Waals surface area contributed by atoms with Crippen LogP contribution in [0.4, 0.5) is 5.82 Å². The Balaban J connectivity index is 1.78. The van der Waals surface area contributed by atoms with Crippen molar-refractivity contribution < 1.29 is 17.9 Å². The predicted octanol–water partition coefficient (Wildman–Crippen LogP) is 1.94. The van der Waals surface area contributed by atoms with Crippen LogP contribution in [0.3, 0.4) is 0 Å². The van der Waals surface area contributed by atoms with Gasteiger partial charge in [-0.1, -0.05) is 18.2 Å². The summed E-state index contributed by atoms with van der Waals surface area (Å²) in [7, 11) is -2.26. The molecule has 2 heterocycles. The van der Waals surface area contributed by atoms with E-state index in [1.165, 1.54) is 6.08 Å². The van der Waals surface area contributed by atoms with E-state index in [4.69, 9.17) is 14.9 Å². The van der Waals surface area contributed by atoms with Gasteiger partial charge in [-0.2, -0.15) is 0 Å².